The van der Waals surface area contributed by atoms with Crippen molar-refractivity contribution in [3.8, 4) is 23.0 Å². The topological polar surface area (TPSA) is 49.0 Å². The van der Waals surface area contributed by atoms with Gasteiger partial charge in [0, 0.05) is 24.2 Å². The molecule has 4 rings (SSSR count). The molecule has 3 aromatic rings. The molecule has 0 radical (unpaired) electrons. The number of halogens is 1. The van der Waals surface area contributed by atoms with Crippen LogP contribution in [0.15, 0.2) is 60.7 Å². The first-order chi connectivity index (χ1) is 14.7. The first kappa shape index (κ1) is 20.0. The monoisotopic (exact) mass is 409 g/mol. The third-order valence-electron chi connectivity index (χ3n) is 4.77. The van der Waals surface area contributed by atoms with E-state index in [1.807, 2.05) is 43.3 Å². The summed E-state index contributed by atoms with van der Waals surface area (Å²) < 4.78 is 36.5. The maximum absolute atomic E-state index is 14.0. The lowest BCUT2D eigenvalue weighted by molar-refractivity contribution is 0.174. The normalized spacial score (nSPS) is 12.1. The van der Waals surface area contributed by atoms with E-state index in [4.69, 9.17) is 18.9 Å². The fourth-order valence-corrected chi connectivity index (χ4v) is 3.29. The van der Waals surface area contributed by atoms with Gasteiger partial charge in [-0.05, 0) is 36.8 Å². The Bertz CT molecular complexity index is 1010. The van der Waals surface area contributed by atoms with E-state index < -0.39 is 0 Å². The molecular formula is C24H24FNO4. The van der Waals surface area contributed by atoms with Crippen LogP contribution in [0.5, 0.6) is 23.0 Å². The summed E-state index contributed by atoms with van der Waals surface area (Å²) in [6.45, 7) is 4.06. The van der Waals surface area contributed by atoms with Crippen molar-refractivity contribution in [2.75, 3.05) is 13.4 Å². The Morgan fingerprint density at radius 3 is 2.60 bits per heavy atom. The van der Waals surface area contributed by atoms with Gasteiger partial charge in [-0.25, -0.2) is 4.39 Å². The molecule has 30 heavy (non-hydrogen) atoms. The molecule has 0 amide bonds. The maximum atomic E-state index is 14.0. The predicted octanol–water partition coefficient (Wildman–Crippen LogP) is 4.82. The Morgan fingerprint density at radius 2 is 1.73 bits per heavy atom. The summed E-state index contributed by atoms with van der Waals surface area (Å²) in [4.78, 5) is 0. The van der Waals surface area contributed by atoms with Gasteiger partial charge in [0.25, 0.3) is 0 Å². The summed E-state index contributed by atoms with van der Waals surface area (Å²) in [5.74, 6) is 2.53. The van der Waals surface area contributed by atoms with E-state index in [2.05, 4.69) is 5.32 Å². The van der Waals surface area contributed by atoms with Gasteiger partial charge in [-0.15, -0.1) is 0 Å². The van der Waals surface area contributed by atoms with Crippen molar-refractivity contribution in [2.24, 2.45) is 0 Å². The second-order valence-electron chi connectivity index (χ2n) is 6.85. The van der Waals surface area contributed by atoms with Gasteiger partial charge in [0.15, 0.2) is 23.0 Å². The molecule has 0 spiro atoms. The molecule has 1 N–H and O–H groups in total. The van der Waals surface area contributed by atoms with Crippen LogP contribution in [-0.4, -0.2) is 13.4 Å². The van der Waals surface area contributed by atoms with Crippen molar-refractivity contribution in [3.05, 3.63) is 83.2 Å². The molecule has 0 unspecified atom stereocenters. The van der Waals surface area contributed by atoms with Crippen LogP contribution in [0.1, 0.15) is 23.6 Å². The molecule has 156 valence electrons. The lowest BCUT2D eigenvalue weighted by atomic mass is 10.1. The predicted molar refractivity (Wildman–Crippen MR) is 111 cm³/mol. The van der Waals surface area contributed by atoms with E-state index >= 15 is 0 Å². The number of fused-ring (bicyclic) bond motifs is 1. The average molecular weight is 409 g/mol. The van der Waals surface area contributed by atoms with Crippen molar-refractivity contribution in [1.82, 2.24) is 5.32 Å². The number of para-hydroxylation sites is 1. The van der Waals surface area contributed by atoms with Crippen molar-refractivity contribution in [3.63, 3.8) is 0 Å². The molecule has 0 saturated carbocycles. The zero-order valence-electron chi connectivity index (χ0n) is 16.8. The molecule has 6 heteroatoms. The molecule has 0 bridgehead atoms. The van der Waals surface area contributed by atoms with Gasteiger partial charge in [-0.2, -0.15) is 0 Å². The van der Waals surface area contributed by atoms with Crippen molar-refractivity contribution in [2.45, 2.75) is 26.6 Å². The number of benzene rings is 3. The smallest absolute Gasteiger partial charge is 0.231 e. The molecule has 0 aromatic heterocycles. The Kier molecular flexibility index (Phi) is 6.35. The fourth-order valence-electron chi connectivity index (χ4n) is 3.29. The van der Waals surface area contributed by atoms with Gasteiger partial charge in [-0.3, -0.25) is 0 Å². The summed E-state index contributed by atoms with van der Waals surface area (Å²) in [5.41, 5.74) is 2.54. The minimum absolute atomic E-state index is 0.131. The summed E-state index contributed by atoms with van der Waals surface area (Å²) in [5, 5.41) is 3.42. The van der Waals surface area contributed by atoms with E-state index in [0.717, 1.165) is 22.6 Å². The van der Waals surface area contributed by atoms with E-state index in [1.165, 1.54) is 6.07 Å². The molecule has 1 aliphatic rings. The molecule has 5 nitrogen and oxygen atoms in total. The van der Waals surface area contributed by atoms with Gasteiger partial charge >= 0.3 is 0 Å². The highest BCUT2D eigenvalue weighted by molar-refractivity contribution is 5.47. The van der Waals surface area contributed by atoms with Crippen LogP contribution in [0.25, 0.3) is 0 Å². The van der Waals surface area contributed by atoms with Crippen LogP contribution in [0.4, 0.5) is 4.39 Å². The Morgan fingerprint density at radius 1 is 0.900 bits per heavy atom. The molecule has 0 atom stereocenters. The standard InChI is InChI=1S/C24H24FNO4/c1-2-27-22-9-5-7-18(24(22)28-15-19-6-3-4-8-20(19)25)14-26-13-17-10-11-21-23(12-17)30-16-29-21/h3-12,26H,2,13-16H2,1H3. The van der Waals surface area contributed by atoms with E-state index in [-0.39, 0.29) is 19.2 Å². The molecule has 3 aromatic carbocycles. The van der Waals surface area contributed by atoms with Crippen molar-refractivity contribution >= 4 is 0 Å². The third kappa shape index (κ3) is 4.66. The largest absolute Gasteiger partial charge is 0.490 e. The number of hydrogen-bond donors (Lipinski definition) is 1. The van der Waals surface area contributed by atoms with Crippen LogP contribution < -0.4 is 24.3 Å². The minimum atomic E-state index is -0.283. The van der Waals surface area contributed by atoms with Crippen LogP contribution in [-0.2, 0) is 19.7 Å². The Labute approximate surface area is 175 Å². The Hall–Kier alpha value is -3.25. The first-order valence-electron chi connectivity index (χ1n) is 9.94. The lowest BCUT2D eigenvalue weighted by Crippen LogP contribution is -2.14. The minimum Gasteiger partial charge on any atom is -0.490 e. The van der Waals surface area contributed by atoms with Gasteiger partial charge in [0.2, 0.25) is 6.79 Å². The number of nitrogens with one attached hydrogen (secondary N) is 1. The first-order valence-corrected chi connectivity index (χ1v) is 9.94. The zero-order chi connectivity index (χ0) is 20.8. The molecular weight excluding hydrogens is 385 g/mol. The van der Waals surface area contributed by atoms with Crippen LogP contribution in [0.2, 0.25) is 0 Å². The Balaban J connectivity index is 1.45. The third-order valence-corrected chi connectivity index (χ3v) is 4.77. The summed E-state index contributed by atoms with van der Waals surface area (Å²) in [6.07, 6.45) is 0. The molecule has 1 heterocycles. The number of hydrogen-bond acceptors (Lipinski definition) is 5. The average Bonchev–Trinajstić information content (AvgIpc) is 3.22. The number of rotatable bonds is 9. The summed E-state index contributed by atoms with van der Waals surface area (Å²) in [7, 11) is 0. The highest BCUT2D eigenvalue weighted by Crippen LogP contribution is 2.34. The van der Waals surface area contributed by atoms with E-state index in [0.29, 0.717) is 36.8 Å². The van der Waals surface area contributed by atoms with Crippen LogP contribution in [0, 0.1) is 5.82 Å². The maximum Gasteiger partial charge on any atom is 0.231 e. The van der Waals surface area contributed by atoms with Crippen molar-refractivity contribution in [1.29, 1.82) is 0 Å². The second-order valence-corrected chi connectivity index (χ2v) is 6.85. The summed E-state index contributed by atoms with van der Waals surface area (Å²) >= 11 is 0. The zero-order valence-corrected chi connectivity index (χ0v) is 16.8. The van der Waals surface area contributed by atoms with Gasteiger partial charge in [-0.1, -0.05) is 36.4 Å². The lowest BCUT2D eigenvalue weighted by Gasteiger charge is -2.17. The van der Waals surface area contributed by atoms with Gasteiger partial charge < -0.3 is 24.3 Å². The highest BCUT2D eigenvalue weighted by atomic mass is 19.1. The van der Waals surface area contributed by atoms with E-state index in [9.17, 15) is 4.39 Å². The molecule has 1 aliphatic heterocycles. The quantitative estimate of drug-likeness (QED) is 0.549. The van der Waals surface area contributed by atoms with Gasteiger partial charge in [0.1, 0.15) is 12.4 Å². The SMILES string of the molecule is CCOc1cccc(CNCc2ccc3c(c2)OCO3)c1OCc1ccccc1F. The van der Waals surface area contributed by atoms with E-state index in [1.54, 1.807) is 18.2 Å². The highest BCUT2D eigenvalue weighted by Gasteiger charge is 2.14. The van der Waals surface area contributed by atoms with Crippen LogP contribution >= 0.6 is 0 Å². The number of ether oxygens (including phenoxy) is 4. The molecule has 0 saturated heterocycles. The van der Waals surface area contributed by atoms with Crippen LogP contribution in [0.3, 0.4) is 0 Å². The fraction of sp³-hybridized carbons (Fsp3) is 0.250. The molecule has 0 fully saturated rings. The summed E-state index contributed by atoms with van der Waals surface area (Å²) in [6, 6.07) is 18.3. The van der Waals surface area contributed by atoms with Crippen molar-refractivity contribution < 1.29 is 23.3 Å². The second kappa shape index (κ2) is 9.50. The molecule has 0 aliphatic carbocycles. The van der Waals surface area contributed by atoms with Gasteiger partial charge in [0.05, 0.1) is 6.61 Å².